The van der Waals surface area contributed by atoms with Gasteiger partial charge in [0.1, 0.15) is 5.65 Å². The van der Waals surface area contributed by atoms with Crippen molar-refractivity contribution >= 4 is 59.8 Å². The lowest BCUT2D eigenvalue weighted by Crippen LogP contribution is -2.13. The van der Waals surface area contributed by atoms with Crippen molar-refractivity contribution < 1.29 is 4.92 Å². The number of nitro groups is 1. The van der Waals surface area contributed by atoms with Crippen LogP contribution in [0.5, 0.6) is 0 Å². The van der Waals surface area contributed by atoms with Crippen LogP contribution in [0.1, 0.15) is 0 Å². The van der Waals surface area contributed by atoms with Crippen LogP contribution in [-0.4, -0.2) is 14.3 Å². The van der Waals surface area contributed by atoms with Gasteiger partial charge in [0.05, 0.1) is 16.0 Å². The minimum Gasteiger partial charge on any atom is -0.268 e. The van der Waals surface area contributed by atoms with Crippen molar-refractivity contribution in [2.45, 2.75) is 0 Å². The zero-order valence-corrected chi connectivity index (χ0v) is 14.1. The Kier molecular flexibility index (Phi) is 2.71. The van der Waals surface area contributed by atoms with Crippen molar-refractivity contribution in [1.29, 1.82) is 0 Å². The van der Waals surface area contributed by atoms with Gasteiger partial charge in [-0.3, -0.25) is 19.3 Å². The molecule has 5 aromatic rings. The molecule has 6 nitrogen and oxygen atoms in total. The Hall–Kier alpha value is -3.06. The van der Waals surface area contributed by atoms with Crippen LogP contribution >= 0.6 is 15.9 Å². The van der Waals surface area contributed by atoms with Crippen LogP contribution in [0.15, 0.2) is 57.8 Å². The van der Waals surface area contributed by atoms with E-state index in [4.69, 9.17) is 0 Å². The largest absolute Gasteiger partial charge is 0.271 e. The third-order valence-corrected chi connectivity index (χ3v) is 5.20. The first kappa shape index (κ1) is 14.3. The summed E-state index contributed by atoms with van der Waals surface area (Å²) < 4.78 is 2.44. The maximum Gasteiger partial charge on any atom is 0.271 e. The summed E-state index contributed by atoms with van der Waals surface area (Å²) in [4.78, 5) is 28.2. The first-order chi connectivity index (χ1) is 12.1. The molecule has 5 rings (SSSR count). The number of hydrogen-bond acceptors (Lipinski definition) is 4. The van der Waals surface area contributed by atoms with E-state index in [2.05, 4.69) is 20.9 Å². The zero-order chi connectivity index (χ0) is 17.3. The van der Waals surface area contributed by atoms with Crippen LogP contribution in [0, 0.1) is 10.1 Å². The predicted octanol–water partition coefficient (Wildman–Crippen LogP) is 4.26. The molecule has 120 valence electrons. The zero-order valence-electron chi connectivity index (χ0n) is 12.6. The van der Waals surface area contributed by atoms with Gasteiger partial charge in [-0.1, -0.05) is 28.1 Å². The van der Waals surface area contributed by atoms with E-state index in [1.54, 1.807) is 12.1 Å². The number of nitrogens with zero attached hydrogens (tertiary/aromatic N) is 3. The van der Waals surface area contributed by atoms with E-state index in [-0.39, 0.29) is 11.2 Å². The fourth-order valence-corrected chi connectivity index (χ4v) is 3.89. The van der Waals surface area contributed by atoms with Crippen molar-refractivity contribution in [3.8, 4) is 0 Å². The molecule has 0 aliphatic rings. The van der Waals surface area contributed by atoms with Crippen LogP contribution in [0.4, 0.5) is 5.69 Å². The molecule has 0 amide bonds. The van der Waals surface area contributed by atoms with E-state index < -0.39 is 4.92 Å². The van der Waals surface area contributed by atoms with Gasteiger partial charge in [-0.25, -0.2) is 4.98 Å². The monoisotopic (exact) mass is 393 g/mol. The highest BCUT2D eigenvalue weighted by molar-refractivity contribution is 9.10. The molecule has 0 bridgehead atoms. The molecular weight excluding hydrogens is 386 g/mol. The standard InChI is InChI=1S/C18H8BrN3O3/c19-13-6-5-11-16-10(13)2-1-3-12(16)18(23)21-15-7-4-9(22(24)25)8-14(15)20-17(11)21/h1-8H. The third kappa shape index (κ3) is 1.78. The van der Waals surface area contributed by atoms with Crippen LogP contribution in [0.2, 0.25) is 0 Å². The van der Waals surface area contributed by atoms with Crippen molar-refractivity contribution in [2.75, 3.05) is 0 Å². The molecule has 7 heteroatoms. The van der Waals surface area contributed by atoms with Crippen molar-refractivity contribution in [3.63, 3.8) is 0 Å². The molecule has 0 fully saturated rings. The number of nitro benzene ring substituents is 1. The summed E-state index contributed by atoms with van der Waals surface area (Å²) in [6.07, 6.45) is 0. The average molecular weight is 394 g/mol. The lowest BCUT2D eigenvalue weighted by atomic mass is 10.0. The highest BCUT2D eigenvalue weighted by atomic mass is 79.9. The number of halogens is 1. The summed E-state index contributed by atoms with van der Waals surface area (Å²) in [5, 5.41) is 14.2. The Morgan fingerprint density at radius 2 is 1.84 bits per heavy atom. The summed E-state index contributed by atoms with van der Waals surface area (Å²) in [5.74, 6) is 0. The second kappa shape index (κ2) is 4.73. The van der Waals surface area contributed by atoms with Gasteiger partial charge in [-0.15, -0.1) is 0 Å². The molecule has 0 aliphatic carbocycles. The second-order valence-corrected chi connectivity index (χ2v) is 6.68. The minimum absolute atomic E-state index is 0.0473. The first-order valence-electron chi connectivity index (χ1n) is 7.49. The van der Waals surface area contributed by atoms with E-state index in [0.29, 0.717) is 22.1 Å². The van der Waals surface area contributed by atoms with Gasteiger partial charge >= 0.3 is 0 Å². The first-order valence-corrected chi connectivity index (χ1v) is 8.29. The van der Waals surface area contributed by atoms with E-state index in [9.17, 15) is 14.9 Å². The lowest BCUT2D eigenvalue weighted by molar-refractivity contribution is -0.384. The second-order valence-electron chi connectivity index (χ2n) is 5.83. The molecule has 0 aliphatic heterocycles. The quantitative estimate of drug-likeness (QED) is 0.314. The maximum atomic E-state index is 13.1. The topological polar surface area (TPSA) is 77.5 Å². The number of rotatable bonds is 1. The number of non-ortho nitro benzene ring substituents is 1. The summed E-state index contributed by atoms with van der Waals surface area (Å²) in [7, 11) is 0. The average Bonchev–Trinajstić information content (AvgIpc) is 2.99. The number of hydrogen-bond donors (Lipinski definition) is 0. The lowest BCUT2D eigenvalue weighted by Gasteiger charge is -2.08. The Morgan fingerprint density at radius 1 is 1.04 bits per heavy atom. The van der Waals surface area contributed by atoms with E-state index >= 15 is 0 Å². The number of imidazole rings is 1. The van der Waals surface area contributed by atoms with Gasteiger partial charge in [0, 0.05) is 32.8 Å². The van der Waals surface area contributed by atoms with Gasteiger partial charge in [0.2, 0.25) is 0 Å². The van der Waals surface area contributed by atoms with Gasteiger partial charge in [-0.2, -0.15) is 0 Å². The molecule has 0 unspecified atom stereocenters. The van der Waals surface area contributed by atoms with Crippen molar-refractivity contribution in [2.24, 2.45) is 0 Å². The number of benzene rings is 3. The Morgan fingerprint density at radius 3 is 2.64 bits per heavy atom. The third-order valence-electron chi connectivity index (χ3n) is 4.51. The molecule has 0 saturated carbocycles. The van der Waals surface area contributed by atoms with E-state index in [1.165, 1.54) is 16.5 Å². The van der Waals surface area contributed by atoms with Crippen LogP contribution in [-0.2, 0) is 0 Å². The van der Waals surface area contributed by atoms with Crippen LogP contribution in [0.3, 0.4) is 0 Å². The SMILES string of the molecule is O=c1c2cccc3c(Br)ccc(c32)c2nc3cc([N+](=O)[O-])ccc3n12. The highest BCUT2D eigenvalue weighted by Gasteiger charge is 2.18. The molecule has 25 heavy (non-hydrogen) atoms. The Labute approximate surface area is 147 Å². The minimum atomic E-state index is -0.466. The highest BCUT2D eigenvalue weighted by Crippen LogP contribution is 2.34. The summed E-state index contributed by atoms with van der Waals surface area (Å²) >= 11 is 3.53. The molecular formula is C18H8BrN3O3. The van der Waals surface area contributed by atoms with Crippen molar-refractivity contribution in [3.05, 3.63) is 73.5 Å². The Bertz CT molecular complexity index is 1410. The van der Waals surface area contributed by atoms with E-state index in [1.807, 2.05) is 24.3 Å². The molecule has 2 heterocycles. The summed E-state index contributed by atoms with van der Waals surface area (Å²) in [6, 6.07) is 13.8. The van der Waals surface area contributed by atoms with Crippen LogP contribution < -0.4 is 5.56 Å². The number of pyridine rings is 1. The smallest absolute Gasteiger partial charge is 0.268 e. The number of aromatic nitrogens is 2. The predicted molar refractivity (Wildman–Crippen MR) is 99.5 cm³/mol. The Balaban J connectivity index is 2.10. The van der Waals surface area contributed by atoms with Crippen LogP contribution in [0.25, 0.3) is 38.2 Å². The molecule has 0 saturated heterocycles. The number of fused-ring (bicyclic) bond motifs is 4. The molecule has 0 spiro atoms. The summed E-state index contributed by atoms with van der Waals surface area (Å²) in [5.41, 5.74) is 1.28. The van der Waals surface area contributed by atoms with Gasteiger partial charge in [0.15, 0.2) is 0 Å². The van der Waals surface area contributed by atoms with Gasteiger partial charge in [-0.05, 0) is 29.7 Å². The molecule has 2 aromatic heterocycles. The van der Waals surface area contributed by atoms with Gasteiger partial charge < -0.3 is 0 Å². The fourth-order valence-electron chi connectivity index (χ4n) is 3.42. The normalized spacial score (nSPS) is 11.9. The molecule has 0 atom stereocenters. The fraction of sp³-hybridized carbons (Fsp3) is 0. The summed E-state index contributed by atoms with van der Waals surface area (Å²) in [6.45, 7) is 0. The molecule has 0 radical (unpaired) electrons. The van der Waals surface area contributed by atoms with Crippen molar-refractivity contribution in [1.82, 2.24) is 9.38 Å². The van der Waals surface area contributed by atoms with Gasteiger partial charge in [0.25, 0.3) is 11.2 Å². The van der Waals surface area contributed by atoms with E-state index in [0.717, 1.165) is 20.6 Å². The maximum absolute atomic E-state index is 13.1. The molecule has 3 aromatic carbocycles. The molecule has 0 N–H and O–H groups in total.